The van der Waals surface area contributed by atoms with Crippen molar-refractivity contribution in [3.8, 4) is 0 Å². The van der Waals surface area contributed by atoms with E-state index in [0.29, 0.717) is 12.6 Å². The minimum Gasteiger partial charge on any atom is -0.369 e. The molecule has 1 aromatic rings. The molecule has 2 nitrogen and oxygen atoms in total. The zero-order chi connectivity index (χ0) is 13.0. The first-order chi connectivity index (χ1) is 8.70. The van der Waals surface area contributed by atoms with Crippen LogP contribution < -0.4 is 10.6 Å². The highest BCUT2D eigenvalue weighted by Crippen LogP contribution is 2.28. The van der Waals surface area contributed by atoms with Gasteiger partial charge in [-0.05, 0) is 50.3 Å². The van der Waals surface area contributed by atoms with E-state index < -0.39 is 0 Å². The first kappa shape index (κ1) is 13.4. The molecule has 0 saturated heterocycles. The number of rotatable bonds is 5. The zero-order valence-corrected chi connectivity index (χ0v) is 11.7. The van der Waals surface area contributed by atoms with Crippen LogP contribution >= 0.6 is 0 Å². The first-order valence-corrected chi connectivity index (χ1v) is 7.26. The second-order valence-electron chi connectivity index (χ2n) is 5.77. The Kier molecular flexibility index (Phi) is 4.65. The Morgan fingerprint density at radius 3 is 2.28 bits per heavy atom. The maximum Gasteiger partial charge on any atom is 0.0368 e. The van der Waals surface area contributed by atoms with E-state index in [1.807, 2.05) is 0 Å². The SMILES string of the molecule is CC(C)N(CC1CCCC1)c1ccc(CN)cc1. The van der Waals surface area contributed by atoms with Gasteiger partial charge in [-0.3, -0.25) is 0 Å². The first-order valence-electron chi connectivity index (χ1n) is 7.26. The molecule has 1 fully saturated rings. The van der Waals surface area contributed by atoms with Crippen LogP contribution in [0, 0.1) is 5.92 Å². The molecular weight excluding hydrogens is 220 g/mol. The Morgan fingerprint density at radius 2 is 1.78 bits per heavy atom. The van der Waals surface area contributed by atoms with Gasteiger partial charge >= 0.3 is 0 Å². The summed E-state index contributed by atoms with van der Waals surface area (Å²) in [4.78, 5) is 2.54. The largest absolute Gasteiger partial charge is 0.369 e. The van der Waals surface area contributed by atoms with E-state index in [1.54, 1.807) is 0 Å². The topological polar surface area (TPSA) is 29.3 Å². The highest BCUT2D eigenvalue weighted by Gasteiger charge is 2.20. The number of benzene rings is 1. The second-order valence-corrected chi connectivity index (χ2v) is 5.77. The fourth-order valence-corrected chi connectivity index (χ4v) is 2.91. The zero-order valence-electron chi connectivity index (χ0n) is 11.7. The van der Waals surface area contributed by atoms with Gasteiger partial charge in [0.1, 0.15) is 0 Å². The number of anilines is 1. The van der Waals surface area contributed by atoms with Crippen molar-refractivity contribution in [2.45, 2.75) is 52.1 Å². The van der Waals surface area contributed by atoms with Crippen molar-refractivity contribution in [1.29, 1.82) is 0 Å². The summed E-state index contributed by atoms with van der Waals surface area (Å²) in [6.45, 7) is 6.40. The van der Waals surface area contributed by atoms with Gasteiger partial charge in [0.05, 0.1) is 0 Å². The van der Waals surface area contributed by atoms with Crippen LogP contribution in [0.3, 0.4) is 0 Å². The van der Waals surface area contributed by atoms with Crippen molar-refractivity contribution in [2.24, 2.45) is 11.7 Å². The van der Waals surface area contributed by atoms with Crippen LogP contribution in [-0.4, -0.2) is 12.6 Å². The molecule has 0 unspecified atom stereocenters. The van der Waals surface area contributed by atoms with Crippen molar-refractivity contribution < 1.29 is 0 Å². The summed E-state index contributed by atoms with van der Waals surface area (Å²) in [6.07, 6.45) is 5.65. The van der Waals surface area contributed by atoms with Gasteiger partial charge in [0.2, 0.25) is 0 Å². The minimum atomic E-state index is 0.564. The highest BCUT2D eigenvalue weighted by atomic mass is 15.2. The number of nitrogens with two attached hydrogens (primary N) is 1. The molecule has 0 bridgehead atoms. The van der Waals surface area contributed by atoms with Gasteiger partial charge in [0.25, 0.3) is 0 Å². The molecule has 0 heterocycles. The quantitative estimate of drug-likeness (QED) is 0.861. The monoisotopic (exact) mass is 246 g/mol. The maximum atomic E-state index is 5.65. The predicted octanol–water partition coefficient (Wildman–Crippen LogP) is 3.55. The fourth-order valence-electron chi connectivity index (χ4n) is 2.91. The maximum absolute atomic E-state index is 5.65. The molecule has 2 N–H and O–H groups in total. The molecule has 0 atom stereocenters. The average Bonchev–Trinajstić information content (AvgIpc) is 2.89. The van der Waals surface area contributed by atoms with Crippen LogP contribution in [0.15, 0.2) is 24.3 Å². The molecular formula is C16H26N2. The molecule has 1 aliphatic carbocycles. The Morgan fingerprint density at radius 1 is 1.17 bits per heavy atom. The molecule has 100 valence electrons. The van der Waals surface area contributed by atoms with E-state index in [9.17, 15) is 0 Å². The Labute approximate surface area is 111 Å². The molecule has 1 aromatic carbocycles. The average molecular weight is 246 g/mol. The van der Waals surface area contributed by atoms with E-state index in [4.69, 9.17) is 5.73 Å². The summed E-state index contributed by atoms with van der Waals surface area (Å²) in [7, 11) is 0. The molecule has 18 heavy (non-hydrogen) atoms. The number of hydrogen-bond donors (Lipinski definition) is 1. The van der Waals surface area contributed by atoms with Crippen molar-refractivity contribution in [1.82, 2.24) is 0 Å². The van der Waals surface area contributed by atoms with Crippen molar-refractivity contribution in [3.63, 3.8) is 0 Å². The van der Waals surface area contributed by atoms with Gasteiger partial charge in [0, 0.05) is 24.8 Å². The lowest BCUT2D eigenvalue weighted by molar-refractivity contribution is 0.509. The summed E-state index contributed by atoms with van der Waals surface area (Å²) < 4.78 is 0. The molecule has 1 saturated carbocycles. The highest BCUT2D eigenvalue weighted by molar-refractivity contribution is 5.48. The normalized spacial score (nSPS) is 16.4. The Hall–Kier alpha value is -1.02. The summed E-state index contributed by atoms with van der Waals surface area (Å²) in [5, 5.41) is 0. The van der Waals surface area contributed by atoms with Gasteiger partial charge in [-0.15, -0.1) is 0 Å². The van der Waals surface area contributed by atoms with Crippen LogP contribution in [0.5, 0.6) is 0 Å². The van der Waals surface area contributed by atoms with Gasteiger partial charge in [-0.25, -0.2) is 0 Å². The standard InChI is InChI=1S/C16H26N2/c1-13(2)18(12-15-5-3-4-6-15)16-9-7-14(11-17)8-10-16/h7-10,13,15H,3-6,11-12,17H2,1-2H3. The lowest BCUT2D eigenvalue weighted by atomic mass is 10.1. The van der Waals surface area contributed by atoms with Gasteiger partial charge in [-0.1, -0.05) is 25.0 Å². The summed E-state index contributed by atoms with van der Waals surface area (Å²) in [6, 6.07) is 9.31. The summed E-state index contributed by atoms with van der Waals surface area (Å²) in [5.74, 6) is 0.890. The van der Waals surface area contributed by atoms with Gasteiger partial charge < -0.3 is 10.6 Å². The van der Waals surface area contributed by atoms with Crippen LogP contribution in [0.4, 0.5) is 5.69 Å². The predicted molar refractivity (Wildman–Crippen MR) is 78.8 cm³/mol. The third-order valence-electron chi connectivity index (χ3n) is 4.06. The molecule has 0 spiro atoms. The lowest BCUT2D eigenvalue weighted by Gasteiger charge is -2.31. The molecule has 2 heteroatoms. The van der Waals surface area contributed by atoms with Crippen LogP contribution in [0.25, 0.3) is 0 Å². The molecule has 0 amide bonds. The van der Waals surface area contributed by atoms with E-state index >= 15 is 0 Å². The number of hydrogen-bond acceptors (Lipinski definition) is 2. The van der Waals surface area contributed by atoms with Crippen molar-refractivity contribution >= 4 is 5.69 Å². The second kappa shape index (κ2) is 6.24. The van der Waals surface area contributed by atoms with Gasteiger partial charge in [0.15, 0.2) is 0 Å². The Balaban J connectivity index is 2.07. The van der Waals surface area contributed by atoms with Crippen LogP contribution in [0.1, 0.15) is 45.1 Å². The van der Waals surface area contributed by atoms with E-state index in [2.05, 4.69) is 43.0 Å². The summed E-state index contributed by atoms with van der Waals surface area (Å²) >= 11 is 0. The molecule has 0 radical (unpaired) electrons. The summed E-state index contributed by atoms with van der Waals surface area (Å²) in [5.41, 5.74) is 8.21. The van der Waals surface area contributed by atoms with Gasteiger partial charge in [-0.2, -0.15) is 0 Å². The smallest absolute Gasteiger partial charge is 0.0368 e. The molecule has 2 rings (SSSR count). The van der Waals surface area contributed by atoms with Crippen molar-refractivity contribution in [3.05, 3.63) is 29.8 Å². The number of nitrogens with zero attached hydrogens (tertiary/aromatic N) is 1. The fraction of sp³-hybridized carbons (Fsp3) is 0.625. The van der Waals surface area contributed by atoms with E-state index in [0.717, 1.165) is 5.92 Å². The minimum absolute atomic E-state index is 0.564. The lowest BCUT2D eigenvalue weighted by Crippen LogP contribution is -2.34. The van der Waals surface area contributed by atoms with Crippen LogP contribution in [-0.2, 0) is 6.54 Å². The van der Waals surface area contributed by atoms with E-state index in [-0.39, 0.29) is 0 Å². The third-order valence-corrected chi connectivity index (χ3v) is 4.06. The third kappa shape index (κ3) is 3.26. The molecule has 1 aliphatic rings. The molecule has 0 aliphatic heterocycles. The Bertz CT molecular complexity index is 350. The van der Waals surface area contributed by atoms with E-state index in [1.165, 1.54) is 43.5 Å². The van der Waals surface area contributed by atoms with Crippen LogP contribution in [0.2, 0.25) is 0 Å². The van der Waals surface area contributed by atoms with Crippen molar-refractivity contribution in [2.75, 3.05) is 11.4 Å². The molecule has 0 aromatic heterocycles.